The van der Waals surface area contributed by atoms with Gasteiger partial charge in [0, 0.05) is 18.6 Å². The molecular formula is C16H30N2O2. The highest BCUT2D eigenvalue weighted by Crippen LogP contribution is 2.29. The summed E-state index contributed by atoms with van der Waals surface area (Å²) >= 11 is 0. The number of nitrogens with zero attached hydrogens (tertiary/aromatic N) is 1. The molecule has 0 spiro atoms. The van der Waals surface area contributed by atoms with Crippen molar-refractivity contribution in [3.8, 4) is 0 Å². The van der Waals surface area contributed by atoms with Crippen LogP contribution in [0.25, 0.3) is 0 Å². The van der Waals surface area contributed by atoms with Crippen molar-refractivity contribution in [2.45, 2.75) is 76.9 Å². The summed E-state index contributed by atoms with van der Waals surface area (Å²) < 4.78 is 0. The Morgan fingerprint density at radius 1 is 1.35 bits per heavy atom. The van der Waals surface area contributed by atoms with Gasteiger partial charge in [-0.3, -0.25) is 10.1 Å². The Morgan fingerprint density at radius 2 is 2.00 bits per heavy atom. The molecule has 2 N–H and O–H groups in total. The Bertz CT molecular complexity index is 337. The van der Waals surface area contributed by atoms with Crippen LogP contribution in [0.1, 0.15) is 59.3 Å². The van der Waals surface area contributed by atoms with Gasteiger partial charge in [-0.1, -0.05) is 13.8 Å². The number of rotatable bonds is 10. The Morgan fingerprint density at radius 3 is 2.45 bits per heavy atom. The Kier molecular flexibility index (Phi) is 5.08. The van der Waals surface area contributed by atoms with Crippen LogP contribution >= 0.6 is 0 Å². The largest absolute Gasteiger partial charge is 0.480 e. The molecule has 0 aromatic heterocycles. The lowest BCUT2D eigenvalue weighted by Gasteiger charge is -2.29. The summed E-state index contributed by atoms with van der Waals surface area (Å²) in [5.41, 5.74) is -0.742. The van der Waals surface area contributed by atoms with Gasteiger partial charge in [0.2, 0.25) is 0 Å². The summed E-state index contributed by atoms with van der Waals surface area (Å²) in [6.45, 7) is 8.54. The van der Waals surface area contributed by atoms with Crippen molar-refractivity contribution >= 4 is 5.97 Å². The summed E-state index contributed by atoms with van der Waals surface area (Å²) in [6, 6.07) is 1.20. The first-order valence-electron chi connectivity index (χ1n) is 8.16. The maximum absolute atomic E-state index is 11.5. The number of carboxylic acids is 1. The molecular weight excluding hydrogens is 252 g/mol. The van der Waals surface area contributed by atoms with E-state index in [1.54, 1.807) is 0 Å². The second-order valence-corrected chi connectivity index (χ2v) is 7.28. The molecule has 2 rings (SSSR count). The van der Waals surface area contributed by atoms with E-state index in [0.717, 1.165) is 44.8 Å². The molecule has 0 saturated heterocycles. The molecule has 1 atom stereocenters. The molecule has 0 heterocycles. The first kappa shape index (κ1) is 15.8. The maximum atomic E-state index is 11.5. The number of carbonyl (C=O) groups is 1. The minimum atomic E-state index is -0.742. The molecule has 2 aliphatic carbocycles. The van der Waals surface area contributed by atoms with Crippen molar-refractivity contribution in [2.75, 3.05) is 13.1 Å². The van der Waals surface area contributed by atoms with Crippen LogP contribution in [0.4, 0.5) is 0 Å². The van der Waals surface area contributed by atoms with Crippen LogP contribution in [0.5, 0.6) is 0 Å². The van der Waals surface area contributed by atoms with Gasteiger partial charge in [-0.2, -0.15) is 0 Å². The van der Waals surface area contributed by atoms with Crippen LogP contribution in [-0.2, 0) is 4.79 Å². The lowest BCUT2D eigenvalue weighted by molar-refractivity contribution is -0.144. The van der Waals surface area contributed by atoms with Gasteiger partial charge < -0.3 is 10.0 Å². The average molecular weight is 282 g/mol. The summed E-state index contributed by atoms with van der Waals surface area (Å²) in [5, 5.41) is 12.8. The highest BCUT2D eigenvalue weighted by molar-refractivity contribution is 5.78. The third kappa shape index (κ3) is 4.74. The molecule has 0 aliphatic heterocycles. The monoisotopic (exact) mass is 282 g/mol. The van der Waals surface area contributed by atoms with Crippen molar-refractivity contribution < 1.29 is 9.90 Å². The summed E-state index contributed by atoms with van der Waals surface area (Å²) in [6.07, 6.45) is 6.59. The van der Waals surface area contributed by atoms with Gasteiger partial charge in [0.05, 0.1) is 0 Å². The van der Waals surface area contributed by atoms with E-state index in [-0.39, 0.29) is 0 Å². The smallest absolute Gasteiger partial charge is 0.323 e. The average Bonchev–Trinajstić information content (AvgIpc) is 3.21. The quantitative estimate of drug-likeness (QED) is 0.646. The van der Waals surface area contributed by atoms with Gasteiger partial charge >= 0.3 is 5.97 Å². The molecule has 2 saturated carbocycles. The number of hydrogen-bond acceptors (Lipinski definition) is 3. The van der Waals surface area contributed by atoms with Crippen LogP contribution in [-0.4, -0.2) is 46.7 Å². The topological polar surface area (TPSA) is 52.6 Å². The fraction of sp³-hybridized carbons (Fsp3) is 0.938. The fourth-order valence-electron chi connectivity index (χ4n) is 2.89. The molecule has 0 amide bonds. The van der Waals surface area contributed by atoms with E-state index in [2.05, 4.69) is 24.1 Å². The number of carboxylic acid groups (broad SMARTS) is 1. The zero-order valence-electron chi connectivity index (χ0n) is 13.2. The fourth-order valence-corrected chi connectivity index (χ4v) is 2.89. The zero-order valence-corrected chi connectivity index (χ0v) is 13.2. The van der Waals surface area contributed by atoms with Gasteiger partial charge in [0.1, 0.15) is 5.54 Å². The predicted molar refractivity (Wildman–Crippen MR) is 80.9 cm³/mol. The van der Waals surface area contributed by atoms with Crippen LogP contribution in [0.15, 0.2) is 0 Å². The Balaban J connectivity index is 1.77. The van der Waals surface area contributed by atoms with E-state index in [1.807, 2.05) is 6.92 Å². The first-order chi connectivity index (χ1) is 9.40. The number of hydrogen-bond donors (Lipinski definition) is 2. The molecule has 0 bridgehead atoms. The Hall–Kier alpha value is -0.610. The van der Waals surface area contributed by atoms with E-state index >= 15 is 0 Å². The molecule has 116 valence electrons. The standard InChI is InChI=1S/C16H30N2O2/c1-12(2)11-18(14-7-8-14)10-4-9-16(3,15(19)20)17-13-5-6-13/h12-14,17H,4-11H2,1-3H3,(H,19,20). The minimum Gasteiger partial charge on any atom is -0.480 e. The second kappa shape index (κ2) is 6.44. The SMILES string of the molecule is CC(C)CN(CCCC(C)(NC1CC1)C(=O)O)C1CC1. The normalized spacial score (nSPS) is 22.2. The van der Waals surface area contributed by atoms with Crippen molar-refractivity contribution in [3.05, 3.63) is 0 Å². The summed E-state index contributed by atoms with van der Waals surface area (Å²) in [4.78, 5) is 14.1. The second-order valence-electron chi connectivity index (χ2n) is 7.28. The van der Waals surface area contributed by atoms with E-state index in [9.17, 15) is 9.90 Å². The molecule has 2 fully saturated rings. The van der Waals surface area contributed by atoms with E-state index in [1.165, 1.54) is 12.8 Å². The third-order valence-corrected chi connectivity index (χ3v) is 4.36. The van der Waals surface area contributed by atoms with Gasteiger partial charge in [-0.25, -0.2) is 0 Å². The predicted octanol–water partition coefficient (Wildman–Crippen LogP) is 2.48. The van der Waals surface area contributed by atoms with E-state index < -0.39 is 11.5 Å². The highest BCUT2D eigenvalue weighted by Gasteiger charge is 2.38. The molecule has 0 aromatic carbocycles. The highest BCUT2D eigenvalue weighted by atomic mass is 16.4. The molecule has 4 nitrogen and oxygen atoms in total. The lowest BCUT2D eigenvalue weighted by Crippen LogP contribution is -2.51. The number of nitrogens with one attached hydrogen (secondary N) is 1. The van der Waals surface area contributed by atoms with Gasteiger partial charge in [-0.15, -0.1) is 0 Å². The minimum absolute atomic E-state index is 0.436. The van der Waals surface area contributed by atoms with Crippen LogP contribution in [0.2, 0.25) is 0 Å². The molecule has 0 aromatic rings. The van der Waals surface area contributed by atoms with E-state index in [4.69, 9.17) is 0 Å². The van der Waals surface area contributed by atoms with E-state index in [0.29, 0.717) is 12.0 Å². The van der Waals surface area contributed by atoms with Crippen molar-refractivity contribution in [3.63, 3.8) is 0 Å². The van der Waals surface area contributed by atoms with Crippen LogP contribution < -0.4 is 5.32 Å². The summed E-state index contributed by atoms with van der Waals surface area (Å²) in [5.74, 6) is -0.0164. The van der Waals surface area contributed by atoms with Crippen molar-refractivity contribution in [2.24, 2.45) is 5.92 Å². The van der Waals surface area contributed by atoms with Crippen molar-refractivity contribution in [1.82, 2.24) is 10.2 Å². The first-order valence-corrected chi connectivity index (χ1v) is 8.16. The van der Waals surface area contributed by atoms with Crippen molar-refractivity contribution in [1.29, 1.82) is 0 Å². The molecule has 0 radical (unpaired) electrons. The van der Waals surface area contributed by atoms with Crippen LogP contribution in [0.3, 0.4) is 0 Å². The maximum Gasteiger partial charge on any atom is 0.323 e. The third-order valence-electron chi connectivity index (χ3n) is 4.36. The molecule has 1 unspecified atom stereocenters. The lowest BCUT2D eigenvalue weighted by atomic mass is 9.95. The zero-order chi connectivity index (χ0) is 14.8. The van der Waals surface area contributed by atoms with Gasteiger partial charge in [-0.05, 0) is 57.9 Å². The van der Waals surface area contributed by atoms with Gasteiger partial charge in [0.25, 0.3) is 0 Å². The molecule has 20 heavy (non-hydrogen) atoms. The van der Waals surface area contributed by atoms with Crippen LogP contribution in [0, 0.1) is 5.92 Å². The molecule has 2 aliphatic rings. The Labute approximate surface area is 122 Å². The molecule has 4 heteroatoms. The summed E-state index contributed by atoms with van der Waals surface area (Å²) in [7, 11) is 0. The van der Waals surface area contributed by atoms with Gasteiger partial charge in [0.15, 0.2) is 0 Å². The number of aliphatic carboxylic acids is 1.